The summed E-state index contributed by atoms with van der Waals surface area (Å²) in [4.78, 5) is 15.6. The molecule has 0 unspecified atom stereocenters. The lowest BCUT2D eigenvalue weighted by Gasteiger charge is -2.14. The van der Waals surface area contributed by atoms with Crippen molar-refractivity contribution in [1.82, 2.24) is 19.7 Å². The Kier molecular flexibility index (Phi) is 4.91. The van der Waals surface area contributed by atoms with Gasteiger partial charge >= 0.3 is 5.69 Å². The summed E-state index contributed by atoms with van der Waals surface area (Å²) in [5.41, 5.74) is 1.20. The van der Waals surface area contributed by atoms with Gasteiger partial charge in [0.15, 0.2) is 5.82 Å². The highest BCUT2D eigenvalue weighted by Crippen LogP contribution is 2.38. The van der Waals surface area contributed by atoms with E-state index in [9.17, 15) is 10.1 Å². The number of pyridine rings is 1. The maximum Gasteiger partial charge on any atom is 0.343 e. The Labute approximate surface area is 153 Å². The van der Waals surface area contributed by atoms with Gasteiger partial charge in [-0.05, 0) is 18.2 Å². The molecule has 0 atom stereocenters. The molecule has 3 rings (SSSR count). The molecule has 0 radical (unpaired) electrons. The topological polar surface area (TPSA) is 106 Å². The van der Waals surface area contributed by atoms with Crippen LogP contribution >= 0.6 is 11.6 Å². The molecule has 2 heterocycles. The molecule has 0 aliphatic rings. The number of hydrogen-bond donors (Lipinski definition) is 1. The summed E-state index contributed by atoms with van der Waals surface area (Å²) in [6, 6.07) is 8.75. The molecule has 26 heavy (non-hydrogen) atoms. The van der Waals surface area contributed by atoms with Gasteiger partial charge in [0, 0.05) is 30.4 Å². The molecule has 9 heteroatoms. The third-order valence-electron chi connectivity index (χ3n) is 3.77. The second kappa shape index (κ2) is 7.29. The van der Waals surface area contributed by atoms with Crippen LogP contribution in [0.4, 0.5) is 0 Å². The Morgan fingerprint density at radius 1 is 1.38 bits per heavy atom. The van der Waals surface area contributed by atoms with Gasteiger partial charge in [0.25, 0.3) is 0 Å². The number of ether oxygens (including phenoxy) is 2. The number of methoxy groups -OCH3 is 1. The Balaban J connectivity index is 2.06. The van der Waals surface area contributed by atoms with Gasteiger partial charge < -0.3 is 9.47 Å². The third kappa shape index (κ3) is 3.25. The molecule has 0 aliphatic carbocycles. The van der Waals surface area contributed by atoms with Crippen LogP contribution in [0.25, 0.3) is 11.1 Å². The van der Waals surface area contributed by atoms with Crippen molar-refractivity contribution in [1.29, 1.82) is 5.26 Å². The Bertz CT molecular complexity index is 1050. The van der Waals surface area contributed by atoms with Crippen molar-refractivity contribution in [3.63, 3.8) is 0 Å². The van der Waals surface area contributed by atoms with Gasteiger partial charge in [-0.15, -0.1) is 0 Å². The number of H-pyrrole nitrogens is 1. The summed E-state index contributed by atoms with van der Waals surface area (Å²) in [7, 11) is 3.09. The second-order valence-corrected chi connectivity index (χ2v) is 5.70. The van der Waals surface area contributed by atoms with Crippen LogP contribution in [0.2, 0.25) is 5.02 Å². The summed E-state index contributed by atoms with van der Waals surface area (Å²) in [6.07, 6.45) is 1.60. The van der Waals surface area contributed by atoms with Crippen molar-refractivity contribution < 1.29 is 9.47 Å². The van der Waals surface area contributed by atoms with E-state index in [1.165, 1.54) is 11.7 Å². The highest BCUT2D eigenvalue weighted by atomic mass is 35.5. The van der Waals surface area contributed by atoms with Crippen LogP contribution < -0.4 is 15.2 Å². The second-order valence-electron chi connectivity index (χ2n) is 5.29. The summed E-state index contributed by atoms with van der Waals surface area (Å²) < 4.78 is 12.5. The molecule has 0 spiro atoms. The van der Waals surface area contributed by atoms with Crippen LogP contribution in [0.3, 0.4) is 0 Å². The van der Waals surface area contributed by atoms with E-state index in [0.717, 1.165) is 0 Å². The van der Waals surface area contributed by atoms with E-state index in [4.69, 9.17) is 21.1 Å². The number of aromatic amines is 1. The van der Waals surface area contributed by atoms with Gasteiger partial charge in [0.05, 0.1) is 17.7 Å². The molecule has 132 valence electrons. The van der Waals surface area contributed by atoms with Gasteiger partial charge in [0.2, 0.25) is 5.88 Å². The maximum atomic E-state index is 11.5. The average molecular weight is 372 g/mol. The summed E-state index contributed by atoms with van der Waals surface area (Å²) in [6.45, 7) is 0.0348. The lowest BCUT2D eigenvalue weighted by Crippen LogP contribution is -2.15. The van der Waals surface area contributed by atoms with Gasteiger partial charge in [-0.25, -0.2) is 14.9 Å². The summed E-state index contributed by atoms with van der Waals surface area (Å²) in [5, 5.41) is 15.8. The fraction of sp³-hybridized carbons (Fsp3) is 0.176. The number of hydrogen-bond acceptors (Lipinski definition) is 6. The van der Waals surface area contributed by atoms with Crippen LogP contribution in [0.15, 0.2) is 35.3 Å². The maximum absolute atomic E-state index is 11.5. The highest BCUT2D eigenvalue weighted by molar-refractivity contribution is 6.32. The normalized spacial score (nSPS) is 10.4. The van der Waals surface area contributed by atoms with Crippen molar-refractivity contribution in [2.24, 2.45) is 7.05 Å². The Morgan fingerprint density at radius 3 is 2.85 bits per heavy atom. The minimum Gasteiger partial charge on any atom is -0.485 e. The van der Waals surface area contributed by atoms with E-state index in [0.29, 0.717) is 34.1 Å². The lowest BCUT2D eigenvalue weighted by molar-refractivity contribution is 0.292. The SMILES string of the molecule is COc1ncccc1-c1cc(C#N)c(Cl)cc1OCc1n[nH]c(=O)n1C. The largest absolute Gasteiger partial charge is 0.485 e. The van der Waals surface area contributed by atoms with Crippen LogP contribution in [-0.4, -0.2) is 26.9 Å². The molecule has 8 nitrogen and oxygen atoms in total. The lowest BCUT2D eigenvalue weighted by atomic mass is 10.0. The molecule has 3 aromatic rings. The Hall–Kier alpha value is -3.31. The first-order valence-electron chi connectivity index (χ1n) is 7.51. The fourth-order valence-electron chi connectivity index (χ4n) is 2.38. The first-order chi connectivity index (χ1) is 12.5. The quantitative estimate of drug-likeness (QED) is 0.737. The molecule has 0 amide bonds. The van der Waals surface area contributed by atoms with E-state index in [2.05, 4.69) is 15.2 Å². The molecule has 2 aromatic heterocycles. The number of benzene rings is 1. The van der Waals surface area contributed by atoms with Crippen LogP contribution in [-0.2, 0) is 13.7 Å². The predicted octanol–water partition coefficient (Wildman–Crippen LogP) is 2.28. The first-order valence-corrected chi connectivity index (χ1v) is 7.89. The smallest absolute Gasteiger partial charge is 0.343 e. The van der Waals surface area contributed by atoms with Crippen LogP contribution in [0, 0.1) is 11.3 Å². The fourth-order valence-corrected chi connectivity index (χ4v) is 2.58. The zero-order chi connectivity index (χ0) is 18.7. The van der Waals surface area contributed by atoms with Crippen LogP contribution in [0.5, 0.6) is 11.6 Å². The first kappa shape index (κ1) is 17.5. The zero-order valence-corrected chi connectivity index (χ0v) is 14.7. The molecule has 1 aromatic carbocycles. The van der Waals surface area contributed by atoms with E-state index in [-0.39, 0.29) is 17.3 Å². The van der Waals surface area contributed by atoms with E-state index >= 15 is 0 Å². The van der Waals surface area contributed by atoms with E-state index in [1.807, 2.05) is 6.07 Å². The summed E-state index contributed by atoms with van der Waals surface area (Å²) in [5.74, 6) is 1.21. The Morgan fingerprint density at radius 2 is 2.19 bits per heavy atom. The predicted molar refractivity (Wildman–Crippen MR) is 94.1 cm³/mol. The molecule has 0 fully saturated rings. The standard InChI is InChI=1S/C17H14ClN5O3/c1-23-15(21-22-17(23)24)9-26-14-7-13(18)10(8-19)6-12(14)11-4-3-5-20-16(11)25-2/h3-7H,9H2,1-2H3,(H,22,24). The monoisotopic (exact) mass is 371 g/mol. The third-order valence-corrected chi connectivity index (χ3v) is 4.09. The molecule has 0 bridgehead atoms. The van der Waals surface area contributed by atoms with Gasteiger partial charge in [-0.2, -0.15) is 10.4 Å². The number of nitrogens with zero attached hydrogens (tertiary/aromatic N) is 4. The minimum atomic E-state index is -0.337. The van der Waals surface area contributed by atoms with Crippen molar-refractivity contribution in [2.45, 2.75) is 6.61 Å². The van der Waals surface area contributed by atoms with Gasteiger partial charge in [-0.1, -0.05) is 11.6 Å². The molecule has 0 saturated carbocycles. The van der Waals surface area contributed by atoms with Crippen molar-refractivity contribution in [3.8, 4) is 28.8 Å². The van der Waals surface area contributed by atoms with E-state index < -0.39 is 0 Å². The number of nitriles is 1. The van der Waals surface area contributed by atoms with Crippen molar-refractivity contribution in [3.05, 3.63) is 57.4 Å². The van der Waals surface area contributed by atoms with Crippen LogP contribution in [0.1, 0.15) is 11.4 Å². The van der Waals surface area contributed by atoms with Crippen molar-refractivity contribution >= 4 is 11.6 Å². The van der Waals surface area contributed by atoms with Gasteiger partial charge in [0.1, 0.15) is 18.4 Å². The molecular formula is C17H14ClN5O3. The average Bonchev–Trinajstić information content (AvgIpc) is 2.98. The minimum absolute atomic E-state index is 0.0348. The van der Waals surface area contributed by atoms with Crippen molar-refractivity contribution in [2.75, 3.05) is 7.11 Å². The van der Waals surface area contributed by atoms with Gasteiger partial charge in [-0.3, -0.25) is 4.57 Å². The van der Waals surface area contributed by atoms with E-state index in [1.54, 1.807) is 37.5 Å². The summed E-state index contributed by atoms with van der Waals surface area (Å²) >= 11 is 6.15. The number of rotatable bonds is 5. The molecule has 0 saturated heterocycles. The zero-order valence-electron chi connectivity index (χ0n) is 14.0. The molecule has 1 N–H and O–H groups in total. The highest BCUT2D eigenvalue weighted by Gasteiger charge is 2.17. The number of nitrogens with one attached hydrogen (secondary N) is 1. The number of aromatic nitrogens is 4. The molecule has 0 aliphatic heterocycles. The molecular weight excluding hydrogens is 358 g/mol. The number of halogens is 1.